The fraction of sp³-hybridized carbons (Fsp3) is 0.846. The molecule has 2 saturated carbocycles. The highest BCUT2D eigenvalue weighted by atomic mass is 16.6. The highest BCUT2D eigenvalue weighted by Crippen LogP contribution is 2.46. The molecule has 0 aromatic heterocycles. The van der Waals surface area contributed by atoms with Crippen molar-refractivity contribution >= 4 is 11.8 Å². The quantitative estimate of drug-likeness (QED) is 0.677. The molecule has 0 heterocycles. The van der Waals surface area contributed by atoms with Crippen LogP contribution in [0.4, 0.5) is 0 Å². The normalized spacial score (nSPS) is 38.2. The minimum absolute atomic E-state index is 0.156. The first-order valence-corrected chi connectivity index (χ1v) is 6.33. The number of ketones is 1. The Hall–Kier alpha value is -0.860. The van der Waals surface area contributed by atoms with Crippen molar-refractivity contribution in [1.29, 1.82) is 0 Å². The predicted octanol–water partition coefficient (Wildman–Crippen LogP) is 2.48. The SMILES string of the molecule is CCC(=O)OC1(C)CC2CCCCC2C1=O. The van der Waals surface area contributed by atoms with Gasteiger partial charge < -0.3 is 4.74 Å². The Balaban J connectivity index is 2.11. The largest absolute Gasteiger partial charge is 0.451 e. The van der Waals surface area contributed by atoms with Gasteiger partial charge in [0.2, 0.25) is 0 Å². The summed E-state index contributed by atoms with van der Waals surface area (Å²) in [6.45, 7) is 3.55. The summed E-state index contributed by atoms with van der Waals surface area (Å²) in [5.41, 5.74) is -0.827. The van der Waals surface area contributed by atoms with Gasteiger partial charge in [0.1, 0.15) is 0 Å². The third-order valence-electron chi connectivity index (χ3n) is 4.05. The second-order valence-electron chi connectivity index (χ2n) is 5.28. The molecule has 0 aromatic carbocycles. The van der Waals surface area contributed by atoms with Crippen LogP contribution in [-0.2, 0) is 14.3 Å². The highest BCUT2D eigenvalue weighted by Gasteiger charge is 2.52. The van der Waals surface area contributed by atoms with Crippen LogP contribution < -0.4 is 0 Å². The first-order chi connectivity index (χ1) is 7.57. The molecule has 90 valence electrons. The first-order valence-electron chi connectivity index (χ1n) is 6.33. The fourth-order valence-electron chi connectivity index (χ4n) is 3.21. The zero-order chi connectivity index (χ0) is 11.8. The van der Waals surface area contributed by atoms with Gasteiger partial charge in [-0.2, -0.15) is 0 Å². The van der Waals surface area contributed by atoms with Gasteiger partial charge in [0.05, 0.1) is 0 Å². The van der Waals surface area contributed by atoms with Crippen molar-refractivity contribution < 1.29 is 14.3 Å². The van der Waals surface area contributed by atoms with E-state index in [0.29, 0.717) is 12.3 Å². The van der Waals surface area contributed by atoms with Crippen LogP contribution in [0.5, 0.6) is 0 Å². The minimum Gasteiger partial charge on any atom is -0.451 e. The number of hydrogen-bond acceptors (Lipinski definition) is 3. The van der Waals surface area contributed by atoms with Gasteiger partial charge in [-0.1, -0.05) is 19.8 Å². The van der Waals surface area contributed by atoms with E-state index >= 15 is 0 Å². The number of hydrogen-bond donors (Lipinski definition) is 0. The van der Waals surface area contributed by atoms with E-state index in [-0.39, 0.29) is 17.7 Å². The lowest BCUT2D eigenvalue weighted by molar-refractivity contribution is -0.164. The van der Waals surface area contributed by atoms with Crippen molar-refractivity contribution in [3.8, 4) is 0 Å². The predicted molar refractivity (Wildman–Crippen MR) is 59.9 cm³/mol. The topological polar surface area (TPSA) is 43.4 Å². The molecule has 0 aromatic rings. The number of carbonyl (C=O) groups excluding carboxylic acids is 2. The maximum absolute atomic E-state index is 12.2. The van der Waals surface area contributed by atoms with Gasteiger partial charge in [-0.3, -0.25) is 9.59 Å². The summed E-state index contributed by atoms with van der Waals surface area (Å²) in [4.78, 5) is 23.6. The van der Waals surface area contributed by atoms with E-state index < -0.39 is 5.60 Å². The summed E-state index contributed by atoms with van der Waals surface area (Å²) in [7, 11) is 0. The molecule has 0 aliphatic heterocycles. The van der Waals surface area contributed by atoms with E-state index in [9.17, 15) is 9.59 Å². The van der Waals surface area contributed by atoms with Crippen LogP contribution in [0.1, 0.15) is 52.4 Å². The van der Waals surface area contributed by atoms with Crippen LogP contribution in [-0.4, -0.2) is 17.4 Å². The van der Waals surface area contributed by atoms with Gasteiger partial charge >= 0.3 is 5.97 Å². The summed E-state index contributed by atoms with van der Waals surface area (Å²) < 4.78 is 5.36. The standard InChI is InChI=1S/C13H20O3/c1-3-11(14)16-13(2)8-9-6-4-5-7-10(9)12(13)15/h9-10H,3-8H2,1-2H3. The highest BCUT2D eigenvalue weighted by molar-refractivity contribution is 5.93. The van der Waals surface area contributed by atoms with Crippen molar-refractivity contribution in [3.05, 3.63) is 0 Å². The number of esters is 1. The molecule has 3 unspecified atom stereocenters. The molecule has 3 heteroatoms. The lowest BCUT2D eigenvalue weighted by Crippen LogP contribution is -2.37. The average molecular weight is 224 g/mol. The number of fused-ring (bicyclic) bond motifs is 1. The Morgan fingerprint density at radius 3 is 2.75 bits per heavy atom. The summed E-state index contributed by atoms with van der Waals surface area (Å²) in [6, 6.07) is 0. The minimum atomic E-state index is -0.827. The lowest BCUT2D eigenvalue weighted by Gasteiger charge is -2.23. The van der Waals surface area contributed by atoms with Crippen molar-refractivity contribution in [2.24, 2.45) is 11.8 Å². The third-order valence-corrected chi connectivity index (χ3v) is 4.05. The molecule has 16 heavy (non-hydrogen) atoms. The Kier molecular flexibility index (Phi) is 3.04. The van der Waals surface area contributed by atoms with Crippen LogP contribution in [0.3, 0.4) is 0 Å². The van der Waals surface area contributed by atoms with E-state index in [1.165, 1.54) is 6.42 Å². The smallest absolute Gasteiger partial charge is 0.306 e. The van der Waals surface area contributed by atoms with Gasteiger partial charge in [-0.05, 0) is 32.1 Å². The zero-order valence-corrected chi connectivity index (χ0v) is 10.1. The average Bonchev–Trinajstić information content (AvgIpc) is 2.52. The van der Waals surface area contributed by atoms with Gasteiger partial charge in [-0.15, -0.1) is 0 Å². The molecule has 3 atom stereocenters. The van der Waals surface area contributed by atoms with Crippen LogP contribution >= 0.6 is 0 Å². The maximum Gasteiger partial charge on any atom is 0.306 e. The first kappa shape index (κ1) is 11.6. The number of Topliss-reactive ketones (excluding diaryl/α,β-unsaturated/α-hetero) is 1. The Morgan fingerprint density at radius 1 is 1.44 bits per heavy atom. The van der Waals surface area contributed by atoms with E-state index in [0.717, 1.165) is 25.7 Å². The number of rotatable bonds is 2. The molecular weight excluding hydrogens is 204 g/mol. The summed E-state index contributed by atoms with van der Waals surface area (Å²) in [5.74, 6) is 0.521. The number of carbonyl (C=O) groups is 2. The fourth-order valence-corrected chi connectivity index (χ4v) is 3.21. The Bertz CT molecular complexity index is 310. The second-order valence-corrected chi connectivity index (χ2v) is 5.28. The molecule has 2 fully saturated rings. The molecule has 0 saturated heterocycles. The van der Waals surface area contributed by atoms with Gasteiger partial charge in [-0.25, -0.2) is 0 Å². The van der Waals surface area contributed by atoms with E-state index in [1.54, 1.807) is 13.8 Å². The maximum atomic E-state index is 12.2. The summed E-state index contributed by atoms with van der Waals surface area (Å²) in [5, 5.41) is 0. The van der Waals surface area contributed by atoms with Crippen LogP contribution in [0.25, 0.3) is 0 Å². The van der Waals surface area contributed by atoms with Crippen molar-refractivity contribution in [3.63, 3.8) is 0 Å². The zero-order valence-electron chi connectivity index (χ0n) is 10.1. The van der Waals surface area contributed by atoms with Gasteiger partial charge in [0.15, 0.2) is 11.4 Å². The molecule has 2 aliphatic rings. The van der Waals surface area contributed by atoms with E-state index in [1.807, 2.05) is 0 Å². The van der Waals surface area contributed by atoms with Crippen LogP contribution in [0, 0.1) is 11.8 Å². The Labute approximate surface area is 96.5 Å². The monoisotopic (exact) mass is 224 g/mol. The van der Waals surface area contributed by atoms with E-state index in [4.69, 9.17) is 4.74 Å². The lowest BCUT2D eigenvalue weighted by atomic mass is 9.81. The molecule has 0 radical (unpaired) electrons. The molecule has 2 aliphatic carbocycles. The molecule has 2 rings (SSSR count). The molecule has 0 bridgehead atoms. The van der Waals surface area contributed by atoms with Crippen molar-refractivity contribution in [2.75, 3.05) is 0 Å². The molecule has 0 spiro atoms. The molecule has 0 amide bonds. The van der Waals surface area contributed by atoms with Crippen LogP contribution in [0.2, 0.25) is 0 Å². The third kappa shape index (κ3) is 1.87. The molecule has 3 nitrogen and oxygen atoms in total. The summed E-state index contributed by atoms with van der Waals surface area (Å²) in [6.07, 6.45) is 5.55. The van der Waals surface area contributed by atoms with Gasteiger partial charge in [0.25, 0.3) is 0 Å². The Morgan fingerprint density at radius 2 is 2.12 bits per heavy atom. The summed E-state index contributed by atoms with van der Waals surface area (Å²) >= 11 is 0. The van der Waals surface area contributed by atoms with Crippen molar-refractivity contribution in [2.45, 2.75) is 58.0 Å². The number of ether oxygens (including phenoxy) is 1. The van der Waals surface area contributed by atoms with E-state index in [2.05, 4.69) is 0 Å². The van der Waals surface area contributed by atoms with Gasteiger partial charge in [0, 0.05) is 12.3 Å². The molecular formula is C13H20O3. The second kappa shape index (κ2) is 4.19. The van der Waals surface area contributed by atoms with Crippen LogP contribution in [0.15, 0.2) is 0 Å². The molecule has 0 N–H and O–H groups in total. The van der Waals surface area contributed by atoms with Crippen molar-refractivity contribution in [1.82, 2.24) is 0 Å².